The molecule has 3 aromatic rings. The predicted molar refractivity (Wildman–Crippen MR) is 144 cm³/mol. The molecule has 0 bridgehead atoms. The molecular formula is C29H36F3N3O4. The zero-order valence-corrected chi connectivity index (χ0v) is 22.6. The maximum Gasteiger partial charge on any atom is 0.200 e. The Morgan fingerprint density at radius 1 is 1.13 bits per heavy atom. The third-order valence-corrected chi connectivity index (χ3v) is 7.74. The van der Waals surface area contributed by atoms with Crippen molar-refractivity contribution in [2.24, 2.45) is 5.41 Å². The molecule has 2 aromatic carbocycles. The van der Waals surface area contributed by atoms with Crippen LogP contribution in [0.25, 0.3) is 10.9 Å². The summed E-state index contributed by atoms with van der Waals surface area (Å²) < 4.78 is 51.3. The smallest absolute Gasteiger partial charge is 0.200 e. The van der Waals surface area contributed by atoms with E-state index in [0.29, 0.717) is 57.1 Å². The number of aliphatic hydroxyl groups excluding tert-OH is 2. The van der Waals surface area contributed by atoms with Crippen LogP contribution in [0.3, 0.4) is 0 Å². The van der Waals surface area contributed by atoms with E-state index in [0.717, 1.165) is 28.2 Å². The van der Waals surface area contributed by atoms with Gasteiger partial charge in [-0.25, -0.2) is 8.78 Å². The summed E-state index contributed by atoms with van der Waals surface area (Å²) in [6.45, 7) is 1.90. The van der Waals surface area contributed by atoms with Crippen LogP contribution in [0.15, 0.2) is 36.5 Å². The summed E-state index contributed by atoms with van der Waals surface area (Å²) >= 11 is 0. The highest BCUT2D eigenvalue weighted by atomic mass is 19.2. The molecule has 4 rings (SSSR count). The third-order valence-electron chi connectivity index (χ3n) is 7.74. The van der Waals surface area contributed by atoms with Crippen molar-refractivity contribution in [3.63, 3.8) is 0 Å². The molecule has 212 valence electrons. The Kier molecular flexibility index (Phi) is 9.19. The maximum atomic E-state index is 13.8. The number of aliphatic hydroxyl groups is 2. The number of methoxy groups -OCH3 is 1. The minimum Gasteiger partial charge on any atom is -0.497 e. The molecule has 1 aliphatic rings. The van der Waals surface area contributed by atoms with Gasteiger partial charge in [0.1, 0.15) is 18.2 Å². The van der Waals surface area contributed by atoms with Gasteiger partial charge in [-0.1, -0.05) is 0 Å². The second-order valence-corrected chi connectivity index (χ2v) is 10.4. The lowest BCUT2D eigenvalue weighted by Crippen LogP contribution is -2.43. The van der Waals surface area contributed by atoms with Gasteiger partial charge in [-0.2, -0.15) is 4.39 Å². The van der Waals surface area contributed by atoms with E-state index in [1.807, 2.05) is 37.2 Å². The van der Waals surface area contributed by atoms with E-state index in [1.54, 1.807) is 13.3 Å². The van der Waals surface area contributed by atoms with E-state index < -0.39 is 29.3 Å². The predicted octanol–water partition coefficient (Wildman–Crippen LogP) is 4.69. The van der Waals surface area contributed by atoms with Crippen molar-refractivity contribution in [1.29, 1.82) is 0 Å². The first-order valence-electron chi connectivity index (χ1n) is 13.1. The van der Waals surface area contributed by atoms with E-state index in [1.165, 1.54) is 0 Å². The Bertz CT molecular complexity index is 1280. The van der Waals surface area contributed by atoms with Crippen LogP contribution in [0.1, 0.15) is 37.4 Å². The number of hydrogen-bond donors (Lipinski definition) is 2. The molecule has 0 spiro atoms. The Labute approximate surface area is 226 Å². The van der Waals surface area contributed by atoms with Crippen molar-refractivity contribution in [2.45, 2.75) is 31.8 Å². The van der Waals surface area contributed by atoms with Crippen LogP contribution in [0.5, 0.6) is 11.5 Å². The van der Waals surface area contributed by atoms with E-state index in [2.05, 4.69) is 9.88 Å². The molecule has 0 aliphatic carbocycles. The number of anilines is 1. The molecule has 0 amide bonds. The van der Waals surface area contributed by atoms with Gasteiger partial charge in [0.25, 0.3) is 0 Å². The minimum atomic E-state index is -1.28. The Hall–Kier alpha value is -3.08. The molecule has 0 unspecified atom stereocenters. The van der Waals surface area contributed by atoms with Crippen molar-refractivity contribution in [2.75, 3.05) is 59.0 Å². The van der Waals surface area contributed by atoms with Gasteiger partial charge in [-0.05, 0) is 62.4 Å². The molecule has 0 saturated carbocycles. The van der Waals surface area contributed by atoms with Gasteiger partial charge in [0.05, 0.1) is 30.6 Å². The topological polar surface area (TPSA) is 78.3 Å². The second-order valence-electron chi connectivity index (χ2n) is 10.4. The largest absolute Gasteiger partial charge is 0.497 e. The van der Waals surface area contributed by atoms with Crippen LogP contribution in [-0.4, -0.2) is 74.2 Å². The van der Waals surface area contributed by atoms with Gasteiger partial charge in [-0.3, -0.25) is 9.88 Å². The number of nitrogens with zero attached hydrogens (tertiary/aromatic N) is 3. The van der Waals surface area contributed by atoms with E-state index in [9.17, 15) is 23.4 Å². The van der Waals surface area contributed by atoms with Gasteiger partial charge in [-0.15, -0.1) is 0 Å². The van der Waals surface area contributed by atoms with E-state index in [-0.39, 0.29) is 18.6 Å². The van der Waals surface area contributed by atoms with Crippen molar-refractivity contribution in [3.8, 4) is 11.5 Å². The number of ether oxygens (including phenoxy) is 2. The molecule has 1 aromatic heterocycles. The molecular weight excluding hydrogens is 511 g/mol. The van der Waals surface area contributed by atoms with Crippen LogP contribution >= 0.6 is 0 Å². The zero-order valence-electron chi connectivity index (χ0n) is 22.6. The van der Waals surface area contributed by atoms with Gasteiger partial charge in [0.15, 0.2) is 11.6 Å². The quantitative estimate of drug-likeness (QED) is 0.337. The number of fused-ring (bicyclic) bond motifs is 1. The van der Waals surface area contributed by atoms with Crippen LogP contribution in [-0.2, 0) is 0 Å². The molecule has 2 heterocycles. The average molecular weight is 548 g/mol. The van der Waals surface area contributed by atoms with Crippen molar-refractivity contribution >= 4 is 16.6 Å². The van der Waals surface area contributed by atoms with Crippen LogP contribution in [0.4, 0.5) is 18.9 Å². The Balaban J connectivity index is 1.38. The van der Waals surface area contributed by atoms with Gasteiger partial charge < -0.3 is 24.6 Å². The zero-order chi connectivity index (χ0) is 28.2. The number of aromatic nitrogens is 1. The second kappa shape index (κ2) is 12.4. The number of rotatable bonds is 11. The lowest BCUT2D eigenvalue weighted by Gasteiger charge is -2.41. The van der Waals surface area contributed by atoms with Crippen molar-refractivity contribution in [1.82, 2.24) is 9.88 Å². The summed E-state index contributed by atoms with van der Waals surface area (Å²) in [5.74, 6) is -3.14. The number of hydrogen-bond acceptors (Lipinski definition) is 7. The Morgan fingerprint density at radius 3 is 2.54 bits per heavy atom. The lowest BCUT2D eigenvalue weighted by atomic mass is 9.74. The van der Waals surface area contributed by atoms with Crippen LogP contribution in [0, 0.1) is 22.9 Å². The number of likely N-dealkylation sites (tertiary alicyclic amines) is 1. The molecule has 7 nitrogen and oxygen atoms in total. The number of piperidine rings is 1. The normalized spacial score (nSPS) is 16.3. The monoisotopic (exact) mass is 547 g/mol. The average Bonchev–Trinajstić information content (AvgIpc) is 2.94. The van der Waals surface area contributed by atoms with Crippen LogP contribution in [0.2, 0.25) is 0 Å². The first-order chi connectivity index (χ1) is 18.7. The first-order valence-corrected chi connectivity index (χ1v) is 13.1. The molecule has 39 heavy (non-hydrogen) atoms. The fourth-order valence-electron chi connectivity index (χ4n) is 5.26. The molecule has 1 atom stereocenters. The highest BCUT2D eigenvalue weighted by Crippen LogP contribution is 2.41. The summed E-state index contributed by atoms with van der Waals surface area (Å²) in [5, 5.41) is 22.6. The Morgan fingerprint density at radius 2 is 1.87 bits per heavy atom. The number of benzene rings is 2. The minimum absolute atomic E-state index is 0.00327. The van der Waals surface area contributed by atoms with Crippen molar-refractivity contribution in [3.05, 3.63) is 59.5 Å². The summed E-state index contributed by atoms with van der Waals surface area (Å²) in [7, 11) is 5.42. The summed E-state index contributed by atoms with van der Waals surface area (Å²) in [4.78, 5) is 8.59. The molecule has 1 aliphatic heterocycles. The van der Waals surface area contributed by atoms with Gasteiger partial charge >= 0.3 is 0 Å². The molecule has 1 fully saturated rings. The van der Waals surface area contributed by atoms with E-state index in [4.69, 9.17) is 9.47 Å². The summed E-state index contributed by atoms with van der Waals surface area (Å²) in [6.07, 6.45) is 3.51. The molecule has 0 radical (unpaired) electrons. The SMILES string of the molecule is COc1ccc2ncc(N(C)C)c([C@H](O)CCC3(CO)CCN(CCOc4cc(F)cc(F)c4F)CC3)c2c1. The van der Waals surface area contributed by atoms with Crippen molar-refractivity contribution < 1.29 is 32.9 Å². The summed E-state index contributed by atoms with van der Waals surface area (Å²) in [6, 6.07) is 6.92. The standard InChI is InChI=1S/C29H36F3N3O4/c1-34(2)24-17-33-23-5-4-20(38-3)16-21(23)27(24)25(37)6-7-29(18-36)8-10-35(11-9-29)12-13-39-26-15-19(30)14-22(31)28(26)32/h4-5,14-17,25,36-37H,6-13,18H2,1-3H3/t25-/m1/s1. The first kappa shape index (κ1) is 28.9. The fourth-order valence-corrected chi connectivity index (χ4v) is 5.26. The maximum absolute atomic E-state index is 13.8. The highest BCUT2D eigenvalue weighted by Gasteiger charge is 2.35. The molecule has 2 N–H and O–H groups in total. The third kappa shape index (κ3) is 6.57. The van der Waals surface area contributed by atoms with Crippen LogP contribution < -0.4 is 14.4 Å². The fraction of sp³-hybridized carbons (Fsp3) is 0.483. The summed E-state index contributed by atoms with van der Waals surface area (Å²) in [5.41, 5.74) is 2.04. The number of pyridine rings is 1. The lowest BCUT2D eigenvalue weighted by molar-refractivity contribution is 0.0204. The van der Waals surface area contributed by atoms with Gasteiger partial charge in [0.2, 0.25) is 5.82 Å². The number of halogens is 3. The molecule has 1 saturated heterocycles. The van der Waals surface area contributed by atoms with E-state index >= 15 is 0 Å². The highest BCUT2D eigenvalue weighted by molar-refractivity contribution is 5.88. The van der Waals surface area contributed by atoms with Gasteiger partial charge in [0, 0.05) is 50.3 Å². The molecule has 10 heteroatoms.